The van der Waals surface area contributed by atoms with Gasteiger partial charge in [0.05, 0.1) is 39.1 Å². The molecule has 2 N–H and O–H groups in total. The van der Waals surface area contributed by atoms with Gasteiger partial charge in [-0.15, -0.1) is 0 Å². The summed E-state index contributed by atoms with van der Waals surface area (Å²) < 4.78 is 39.5. The molecule has 0 heterocycles. The van der Waals surface area contributed by atoms with E-state index in [1.165, 1.54) is 37.4 Å². The fourth-order valence-corrected chi connectivity index (χ4v) is 5.55. The molecule has 12 heteroatoms. The number of para-hydroxylation sites is 4. The average molecular weight is 615 g/mol. The first-order valence-corrected chi connectivity index (χ1v) is 14.4. The van der Waals surface area contributed by atoms with Crippen molar-refractivity contribution < 1.29 is 27.5 Å². The predicted molar refractivity (Wildman–Crippen MR) is 160 cm³/mol. The Morgan fingerprint density at radius 2 is 1.29 bits per heavy atom. The highest BCUT2D eigenvalue weighted by atomic mass is 35.5. The molecule has 0 unspecified atom stereocenters. The second-order valence-corrected chi connectivity index (χ2v) is 11.2. The van der Waals surface area contributed by atoms with E-state index in [2.05, 4.69) is 10.6 Å². The van der Waals surface area contributed by atoms with E-state index in [0.717, 1.165) is 4.31 Å². The number of sulfonamides is 1. The van der Waals surface area contributed by atoms with E-state index < -0.39 is 28.4 Å². The molecule has 41 heavy (non-hydrogen) atoms. The van der Waals surface area contributed by atoms with Crippen LogP contribution in [0.15, 0.2) is 102 Å². The van der Waals surface area contributed by atoms with Crippen LogP contribution in [0.4, 0.5) is 17.1 Å². The molecule has 0 aliphatic heterocycles. The molecule has 4 rings (SSSR count). The van der Waals surface area contributed by atoms with Crippen molar-refractivity contribution in [2.45, 2.75) is 4.90 Å². The Hall–Kier alpha value is -4.25. The Kier molecular flexibility index (Phi) is 9.72. The van der Waals surface area contributed by atoms with Gasteiger partial charge in [0.25, 0.3) is 15.9 Å². The van der Waals surface area contributed by atoms with Gasteiger partial charge in [0.1, 0.15) is 18.0 Å². The summed E-state index contributed by atoms with van der Waals surface area (Å²) in [7, 11) is -2.86. The largest absolute Gasteiger partial charge is 0.495 e. The molecule has 9 nitrogen and oxygen atoms in total. The molecule has 0 aliphatic carbocycles. The highest BCUT2D eigenvalue weighted by Gasteiger charge is 2.29. The van der Waals surface area contributed by atoms with Crippen LogP contribution in [0.2, 0.25) is 10.0 Å². The van der Waals surface area contributed by atoms with Gasteiger partial charge in [0.2, 0.25) is 5.91 Å². The van der Waals surface area contributed by atoms with Crippen LogP contribution in [0.1, 0.15) is 0 Å². The summed E-state index contributed by atoms with van der Waals surface area (Å²) in [6.07, 6.45) is 0. The van der Waals surface area contributed by atoms with Crippen LogP contribution >= 0.6 is 23.2 Å². The molecule has 212 valence electrons. The van der Waals surface area contributed by atoms with Crippen molar-refractivity contribution in [1.29, 1.82) is 0 Å². The van der Waals surface area contributed by atoms with Crippen LogP contribution in [0.25, 0.3) is 0 Å². The fraction of sp³-hybridized carbons (Fsp3) is 0.103. The number of amides is 2. The van der Waals surface area contributed by atoms with Gasteiger partial charge in [-0.3, -0.25) is 13.9 Å². The second-order valence-electron chi connectivity index (χ2n) is 8.50. The smallest absolute Gasteiger partial charge is 0.264 e. The zero-order chi connectivity index (χ0) is 29.4. The predicted octanol–water partition coefficient (Wildman–Crippen LogP) is 5.85. The molecule has 0 saturated carbocycles. The molecule has 0 aliphatic rings. The summed E-state index contributed by atoms with van der Waals surface area (Å²) in [5.74, 6) is -0.539. The first-order valence-electron chi connectivity index (χ1n) is 12.2. The first kappa shape index (κ1) is 29.7. The number of nitrogens with one attached hydrogen (secondary N) is 2. The van der Waals surface area contributed by atoms with Crippen LogP contribution in [-0.2, 0) is 19.6 Å². The standard InChI is InChI=1S/C29H25Cl2N3O6S/c1-39-27-13-7-6-12-26(27)34(18-28(35)32-24-10-4-2-8-22(24)30)41(37,38)21-16-14-20(15-17-21)40-19-29(36)33-25-11-5-3-9-23(25)31/h2-17H,18-19H2,1H3,(H,32,35)(H,33,36). The molecule has 4 aromatic rings. The lowest BCUT2D eigenvalue weighted by molar-refractivity contribution is -0.118. The van der Waals surface area contributed by atoms with Crippen LogP contribution in [0.3, 0.4) is 0 Å². The quantitative estimate of drug-likeness (QED) is 0.219. The molecule has 0 saturated heterocycles. The van der Waals surface area contributed by atoms with Crippen molar-refractivity contribution in [3.05, 3.63) is 107 Å². The summed E-state index contributed by atoms with van der Waals surface area (Å²) in [5.41, 5.74) is 0.955. The molecule has 2 amide bonds. The number of hydrogen-bond acceptors (Lipinski definition) is 6. The molecule has 0 aromatic heterocycles. The summed E-state index contributed by atoms with van der Waals surface area (Å²) >= 11 is 12.2. The van der Waals surface area contributed by atoms with Crippen molar-refractivity contribution in [3.63, 3.8) is 0 Å². The Morgan fingerprint density at radius 1 is 0.756 bits per heavy atom. The van der Waals surface area contributed by atoms with Crippen LogP contribution < -0.4 is 24.4 Å². The Bertz CT molecular complexity index is 1650. The van der Waals surface area contributed by atoms with Crippen LogP contribution in [0, 0.1) is 0 Å². The minimum Gasteiger partial charge on any atom is -0.495 e. The van der Waals surface area contributed by atoms with Crippen molar-refractivity contribution in [2.75, 3.05) is 35.2 Å². The number of ether oxygens (including phenoxy) is 2. The number of rotatable bonds is 11. The lowest BCUT2D eigenvalue weighted by Crippen LogP contribution is -2.38. The van der Waals surface area contributed by atoms with E-state index in [-0.39, 0.29) is 28.7 Å². The Balaban J connectivity index is 1.53. The van der Waals surface area contributed by atoms with Gasteiger partial charge < -0.3 is 20.1 Å². The van der Waals surface area contributed by atoms with Gasteiger partial charge in [-0.25, -0.2) is 8.42 Å². The van der Waals surface area contributed by atoms with E-state index in [1.54, 1.807) is 66.7 Å². The van der Waals surface area contributed by atoms with Gasteiger partial charge in [0.15, 0.2) is 6.61 Å². The fourth-order valence-electron chi connectivity index (χ4n) is 3.75. The zero-order valence-electron chi connectivity index (χ0n) is 21.7. The number of benzene rings is 4. The minimum atomic E-state index is -4.27. The maximum absolute atomic E-state index is 13.8. The Morgan fingerprint density at radius 3 is 1.88 bits per heavy atom. The normalized spacial score (nSPS) is 10.9. The second kappa shape index (κ2) is 13.4. The number of halogens is 2. The lowest BCUT2D eigenvalue weighted by atomic mass is 10.3. The van der Waals surface area contributed by atoms with Crippen molar-refractivity contribution in [3.8, 4) is 11.5 Å². The third-order valence-corrected chi connectivity index (χ3v) is 8.15. The maximum Gasteiger partial charge on any atom is 0.264 e. The topological polar surface area (TPSA) is 114 Å². The van der Waals surface area contributed by atoms with Crippen molar-refractivity contribution in [1.82, 2.24) is 0 Å². The highest BCUT2D eigenvalue weighted by molar-refractivity contribution is 7.92. The minimum absolute atomic E-state index is 0.109. The van der Waals surface area contributed by atoms with Gasteiger partial charge >= 0.3 is 0 Å². The number of nitrogens with zero attached hydrogens (tertiary/aromatic N) is 1. The molecule has 4 aromatic carbocycles. The lowest BCUT2D eigenvalue weighted by Gasteiger charge is -2.25. The van der Waals surface area contributed by atoms with Gasteiger partial charge in [-0.05, 0) is 60.7 Å². The summed E-state index contributed by atoms with van der Waals surface area (Å²) in [5, 5.41) is 5.98. The van der Waals surface area contributed by atoms with E-state index in [0.29, 0.717) is 21.4 Å². The van der Waals surface area contributed by atoms with Gasteiger partial charge in [-0.1, -0.05) is 59.6 Å². The first-order chi connectivity index (χ1) is 19.7. The summed E-state index contributed by atoms with van der Waals surface area (Å²) in [6.45, 7) is -0.888. The molecule has 0 fully saturated rings. The van der Waals surface area contributed by atoms with E-state index >= 15 is 0 Å². The molecule has 0 spiro atoms. The molecule has 0 radical (unpaired) electrons. The van der Waals surface area contributed by atoms with E-state index in [9.17, 15) is 18.0 Å². The highest BCUT2D eigenvalue weighted by Crippen LogP contribution is 2.33. The third kappa shape index (κ3) is 7.49. The van der Waals surface area contributed by atoms with Crippen molar-refractivity contribution >= 4 is 62.1 Å². The average Bonchev–Trinajstić information content (AvgIpc) is 2.97. The van der Waals surface area contributed by atoms with E-state index in [1.807, 2.05) is 0 Å². The monoisotopic (exact) mass is 613 g/mol. The third-order valence-electron chi connectivity index (χ3n) is 5.72. The molecule has 0 atom stereocenters. The van der Waals surface area contributed by atoms with E-state index in [4.69, 9.17) is 32.7 Å². The van der Waals surface area contributed by atoms with Crippen LogP contribution in [0.5, 0.6) is 11.5 Å². The zero-order valence-corrected chi connectivity index (χ0v) is 24.0. The number of methoxy groups -OCH3 is 1. The molecular weight excluding hydrogens is 589 g/mol. The number of hydrogen-bond donors (Lipinski definition) is 2. The Labute approximate surface area is 247 Å². The van der Waals surface area contributed by atoms with Gasteiger partial charge in [0, 0.05) is 0 Å². The maximum atomic E-state index is 13.8. The number of carbonyl (C=O) groups excluding carboxylic acids is 2. The summed E-state index contributed by atoms with van der Waals surface area (Å²) in [6, 6.07) is 25.3. The molecule has 0 bridgehead atoms. The molecular formula is C29H25Cl2N3O6S. The SMILES string of the molecule is COc1ccccc1N(CC(=O)Nc1ccccc1Cl)S(=O)(=O)c1ccc(OCC(=O)Nc2ccccc2Cl)cc1. The van der Waals surface area contributed by atoms with Gasteiger partial charge in [-0.2, -0.15) is 0 Å². The summed E-state index contributed by atoms with van der Waals surface area (Å²) in [4.78, 5) is 25.2. The van der Waals surface area contributed by atoms with Crippen molar-refractivity contribution in [2.24, 2.45) is 0 Å². The number of carbonyl (C=O) groups is 2. The number of anilines is 3. The van der Waals surface area contributed by atoms with Crippen LogP contribution in [-0.4, -0.2) is 40.5 Å².